The molecule has 0 aromatic heterocycles. The number of nitrogens with zero attached hydrogens (tertiary/aromatic N) is 1. The number of carbonyl (C=O) groups excluding carboxylic acids is 1. The van der Waals surface area contributed by atoms with Crippen LogP contribution in [0.4, 0.5) is 0 Å². The van der Waals surface area contributed by atoms with E-state index in [1.54, 1.807) is 6.92 Å². The van der Waals surface area contributed by atoms with Crippen LogP contribution in [0, 0.1) is 0 Å². The average Bonchev–Trinajstić information content (AvgIpc) is 1.80. The molecule has 0 saturated carbocycles. The minimum atomic E-state index is -1.61. The van der Waals surface area contributed by atoms with Crippen molar-refractivity contribution in [1.29, 1.82) is 0 Å². The maximum absolute atomic E-state index is 10.7. The number of ketones is 1. The predicted octanol–water partition coefficient (Wildman–Crippen LogP) is 1.80. The van der Waals surface area contributed by atoms with Crippen LogP contribution in [0.3, 0.4) is 0 Å². The zero-order valence-corrected chi connectivity index (χ0v) is 8.76. The number of rotatable bonds is 3. The Morgan fingerprint density at radius 1 is 1.27 bits per heavy atom. The molecular formula is C7H15NO2Si. The first-order valence-electron chi connectivity index (χ1n) is 3.56. The molecule has 0 aliphatic rings. The van der Waals surface area contributed by atoms with Crippen LogP contribution in [-0.4, -0.2) is 19.8 Å². The lowest BCUT2D eigenvalue weighted by Crippen LogP contribution is -2.23. The summed E-state index contributed by atoms with van der Waals surface area (Å²) < 4.78 is 5.16. The highest BCUT2D eigenvalue weighted by atomic mass is 28.4. The Morgan fingerprint density at radius 3 is 2.00 bits per heavy atom. The smallest absolute Gasteiger partial charge is 0.278 e. The Balaban J connectivity index is 4.04. The van der Waals surface area contributed by atoms with Crippen molar-refractivity contribution < 1.29 is 9.32 Å². The van der Waals surface area contributed by atoms with Gasteiger partial charge in [0.25, 0.3) is 8.32 Å². The Kier molecular flexibility index (Phi) is 3.45. The van der Waals surface area contributed by atoms with Gasteiger partial charge in [-0.1, -0.05) is 0 Å². The maximum atomic E-state index is 10.7. The predicted molar refractivity (Wildman–Crippen MR) is 48.2 cm³/mol. The normalized spacial score (nSPS) is 13.0. The fourth-order valence-corrected chi connectivity index (χ4v) is 0.680. The molecule has 0 aromatic carbocycles. The second-order valence-electron chi connectivity index (χ2n) is 3.44. The minimum Gasteiger partial charge on any atom is -0.455 e. The van der Waals surface area contributed by atoms with Gasteiger partial charge in [0, 0.05) is 6.92 Å². The number of Topliss-reactive ketones (excluding diaryl/α,β-unsaturated/α-hetero) is 1. The van der Waals surface area contributed by atoms with Crippen molar-refractivity contribution in [2.75, 3.05) is 0 Å². The van der Waals surface area contributed by atoms with Gasteiger partial charge < -0.3 is 4.53 Å². The fourth-order valence-electron chi connectivity index (χ4n) is 0.270. The number of carbonyl (C=O) groups is 1. The van der Waals surface area contributed by atoms with Crippen molar-refractivity contribution in [3.05, 3.63) is 0 Å². The van der Waals surface area contributed by atoms with Crippen molar-refractivity contribution in [2.24, 2.45) is 5.16 Å². The van der Waals surface area contributed by atoms with Crippen LogP contribution in [0.15, 0.2) is 5.16 Å². The van der Waals surface area contributed by atoms with E-state index in [1.165, 1.54) is 6.92 Å². The van der Waals surface area contributed by atoms with Crippen molar-refractivity contribution in [3.8, 4) is 0 Å². The summed E-state index contributed by atoms with van der Waals surface area (Å²) in [4.78, 5) is 10.7. The van der Waals surface area contributed by atoms with Gasteiger partial charge in [0.2, 0.25) is 0 Å². The maximum Gasteiger partial charge on any atom is 0.278 e. The van der Waals surface area contributed by atoms with Gasteiger partial charge >= 0.3 is 0 Å². The third-order valence-corrected chi connectivity index (χ3v) is 1.60. The highest BCUT2D eigenvalue weighted by molar-refractivity contribution is 6.69. The molecular weight excluding hydrogens is 158 g/mol. The molecule has 3 nitrogen and oxygen atoms in total. The summed E-state index contributed by atoms with van der Waals surface area (Å²) in [6, 6.07) is 0. The lowest BCUT2D eigenvalue weighted by Gasteiger charge is -2.12. The summed E-state index contributed by atoms with van der Waals surface area (Å²) >= 11 is 0. The molecule has 0 aliphatic heterocycles. The van der Waals surface area contributed by atoms with Crippen molar-refractivity contribution in [1.82, 2.24) is 0 Å². The van der Waals surface area contributed by atoms with Crippen LogP contribution in [0.2, 0.25) is 19.6 Å². The molecule has 0 bridgehead atoms. The van der Waals surface area contributed by atoms with Gasteiger partial charge in [-0.15, -0.1) is 5.16 Å². The zero-order chi connectivity index (χ0) is 9.07. The van der Waals surface area contributed by atoms with Gasteiger partial charge in [-0.2, -0.15) is 0 Å². The SMILES string of the molecule is CC(=O)/C(C)=N\O[Si](C)(C)C. The quantitative estimate of drug-likeness (QED) is 0.371. The molecule has 0 spiro atoms. The van der Waals surface area contributed by atoms with Crippen LogP contribution < -0.4 is 0 Å². The van der Waals surface area contributed by atoms with Crippen LogP contribution in [0.25, 0.3) is 0 Å². The summed E-state index contributed by atoms with van der Waals surface area (Å²) in [7, 11) is -1.61. The summed E-state index contributed by atoms with van der Waals surface area (Å²) in [5.41, 5.74) is 0.437. The summed E-state index contributed by atoms with van der Waals surface area (Å²) in [5.74, 6) is -0.0387. The third kappa shape index (κ3) is 5.78. The van der Waals surface area contributed by atoms with Crippen LogP contribution in [0.1, 0.15) is 13.8 Å². The van der Waals surface area contributed by atoms with E-state index >= 15 is 0 Å². The molecule has 0 rings (SSSR count). The second-order valence-corrected chi connectivity index (χ2v) is 7.84. The molecule has 0 saturated heterocycles. The fraction of sp³-hybridized carbons (Fsp3) is 0.714. The van der Waals surface area contributed by atoms with E-state index in [-0.39, 0.29) is 5.78 Å². The molecule has 0 atom stereocenters. The molecule has 11 heavy (non-hydrogen) atoms. The standard InChI is InChI=1S/C7H15NO2Si/c1-6(7(2)9)8-10-11(3,4)5/h1-5H3/b8-6-. The van der Waals surface area contributed by atoms with Crippen LogP contribution >= 0.6 is 0 Å². The first kappa shape index (κ1) is 10.4. The Hall–Kier alpha value is -0.643. The summed E-state index contributed by atoms with van der Waals surface area (Å²) in [5, 5.41) is 3.72. The molecule has 0 radical (unpaired) electrons. The van der Waals surface area contributed by atoms with Crippen molar-refractivity contribution in [3.63, 3.8) is 0 Å². The van der Waals surface area contributed by atoms with Crippen molar-refractivity contribution in [2.45, 2.75) is 33.5 Å². The molecule has 0 unspecified atom stereocenters. The molecule has 0 aromatic rings. The van der Waals surface area contributed by atoms with E-state index in [9.17, 15) is 4.79 Å². The van der Waals surface area contributed by atoms with Gasteiger partial charge in [-0.3, -0.25) is 4.79 Å². The molecule has 0 aliphatic carbocycles. The van der Waals surface area contributed by atoms with Gasteiger partial charge in [0.05, 0.1) is 0 Å². The molecule has 4 heteroatoms. The van der Waals surface area contributed by atoms with Crippen LogP contribution in [-0.2, 0) is 9.32 Å². The molecule has 0 fully saturated rings. The largest absolute Gasteiger partial charge is 0.455 e. The highest BCUT2D eigenvalue weighted by Crippen LogP contribution is 2.02. The zero-order valence-electron chi connectivity index (χ0n) is 7.76. The summed E-state index contributed by atoms with van der Waals surface area (Å²) in [6.45, 7) is 9.19. The molecule has 0 heterocycles. The van der Waals surface area contributed by atoms with E-state index in [1.807, 2.05) is 19.6 Å². The van der Waals surface area contributed by atoms with Gasteiger partial charge in [-0.25, -0.2) is 0 Å². The number of hydrogen-bond acceptors (Lipinski definition) is 3. The van der Waals surface area contributed by atoms with E-state index in [4.69, 9.17) is 4.53 Å². The first-order chi connectivity index (χ1) is 4.83. The highest BCUT2D eigenvalue weighted by Gasteiger charge is 2.16. The van der Waals surface area contributed by atoms with Gasteiger partial charge in [-0.05, 0) is 26.6 Å². The first-order valence-corrected chi connectivity index (χ1v) is 6.97. The van der Waals surface area contributed by atoms with E-state index < -0.39 is 8.32 Å². The monoisotopic (exact) mass is 173 g/mol. The molecule has 0 N–H and O–H groups in total. The van der Waals surface area contributed by atoms with Crippen molar-refractivity contribution >= 4 is 19.8 Å². The third-order valence-electron chi connectivity index (χ3n) is 0.966. The van der Waals surface area contributed by atoms with Gasteiger partial charge in [0.1, 0.15) is 5.71 Å². The minimum absolute atomic E-state index is 0.0387. The van der Waals surface area contributed by atoms with Crippen LogP contribution in [0.5, 0.6) is 0 Å². The second kappa shape index (κ2) is 3.66. The lowest BCUT2D eigenvalue weighted by molar-refractivity contribution is -0.111. The van der Waals surface area contributed by atoms with E-state index in [2.05, 4.69) is 5.16 Å². The molecule has 0 amide bonds. The number of hydrogen-bond donors (Lipinski definition) is 0. The van der Waals surface area contributed by atoms with Gasteiger partial charge in [0.15, 0.2) is 5.78 Å². The van der Waals surface area contributed by atoms with E-state index in [0.717, 1.165) is 0 Å². The average molecular weight is 173 g/mol. The van der Waals surface area contributed by atoms with E-state index in [0.29, 0.717) is 5.71 Å². The lowest BCUT2D eigenvalue weighted by atomic mass is 10.3. The Labute approximate surface area is 68.6 Å². The molecule has 64 valence electrons. The topological polar surface area (TPSA) is 38.7 Å². The summed E-state index contributed by atoms with van der Waals surface area (Å²) in [6.07, 6.45) is 0. The Morgan fingerprint density at radius 2 is 1.73 bits per heavy atom. The Bertz CT molecular complexity index is 181. The number of oxime groups is 1.